The van der Waals surface area contributed by atoms with Gasteiger partial charge in [-0.2, -0.15) is 0 Å². The Morgan fingerprint density at radius 2 is 2.29 bits per heavy atom. The molecule has 0 spiro atoms. The van der Waals surface area contributed by atoms with Gasteiger partial charge in [-0.05, 0) is 18.2 Å². The number of methoxy groups -OCH3 is 1. The minimum Gasteiger partial charge on any atom is -0.465 e. The summed E-state index contributed by atoms with van der Waals surface area (Å²) in [7, 11) is 1.27. The number of amides is 1. The third-order valence-electron chi connectivity index (χ3n) is 2.39. The molecular weight excluding hydrogens is 316 g/mol. The number of aromatic nitrogens is 3. The van der Waals surface area contributed by atoms with E-state index in [0.717, 1.165) is 11.8 Å². The molecular formula is C12H11ClN4O3S. The lowest BCUT2D eigenvalue weighted by molar-refractivity contribution is -0.113. The Morgan fingerprint density at radius 3 is 2.95 bits per heavy atom. The molecule has 0 aliphatic heterocycles. The topological polar surface area (TPSA) is 97.0 Å². The molecule has 0 aliphatic carbocycles. The number of H-pyrrole nitrogens is 1. The average molecular weight is 327 g/mol. The van der Waals surface area contributed by atoms with Gasteiger partial charge in [-0.3, -0.25) is 9.89 Å². The predicted molar refractivity (Wildman–Crippen MR) is 78.5 cm³/mol. The van der Waals surface area contributed by atoms with Gasteiger partial charge in [0, 0.05) is 5.02 Å². The van der Waals surface area contributed by atoms with Gasteiger partial charge >= 0.3 is 5.97 Å². The van der Waals surface area contributed by atoms with Crippen LogP contribution in [0.4, 0.5) is 5.69 Å². The number of benzene rings is 1. The van der Waals surface area contributed by atoms with E-state index in [1.54, 1.807) is 6.07 Å². The number of hydrogen-bond donors (Lipinski definition) is 2. The lowest BCUT2D eigenvalue weighted by atomic mass is 10.2. The van der Waals surface area contributed by atoms with Crippen LogP contribution < -0.4 is 5.32 Å². The number of hydrogen-bond acceptors (Lipinski definition) is 6. The van der Waals surface area contributed by atoms with Crippen LogP contribution in [0.2, 0.25) is 5.02 Å². The SMILES string of the molecule is COC(=O)c1ccc(Cl)cc1NC(=O)CSc1nc[nH]n1. The molecule has 2 N–H and O–H groups in total. The lowest BCUT2D eigenvalue weighted by Crippen LogP contribution is -2.17. The van der Waals surface area contributed by atoms with E-state index in [1.807, 2.05) is 0 Å². The van der Waals surface area contributed by atoms with Crippen molar-refractivity contribution in [2.75, 3.05) is 18.2 Å². The number of carbonyl (C=O) groups excluding carboxylic acids is 2. The number of carbonyl (C=O) groups is 2. The molecule has 0 atom stereocenters. The second-order valence-electron chi connectivity index (χ2n) is 3.80. The molecule has 7 nitrogen and oxygen atoms in total. The molecule has 2 rings (SSSR count). The summed E-state index contributed by atoms with van der Waals surface area (Å²) in [6.45, 7) is 0. The van der Waals surface area contributed by atoms with E-state index in [-0.39, 0.29) is 17.2 Å². The van der Waals surface area contributed by atoms with Gasteiger partial charge in [0.1, 0.15) is 6.33 Å². The molecule has 0 saturated heterocycles. The zero-order chi connectivity index (χ0) is 15.2. The maximum Gasteiger partial charge on any atom is 0.339 e. The average Bonchev–Trinajstić information content (AvgIpc) is 2.98. The number of anilines is 1. The second-order valence-corrected chi connectivity index (χ2v) is 5.18. The number of thioether (sulfide) groups is 1. The van der Waals surface area contributed by atoms with Crippen LogP contribution in [0, 0.1) is 0 Å². The molecule has 110 valence electrons. The number of ether oxygens (including phenoxy) is 1. The maximum atomic E-state index is 11.9. The summed E-state index contributed by atoms with van der Waals surface area (Å²) in [6.07, 6.45) is 1.42. The minimum absolute atomic E-state index is 0.102. The quantitative estimate of drug-likeness (QED) is 0.644. The third kappa shape index (κ3) is 4.20. The fourth-order valence-electron chi connectivity index (χ4n) is 1.49. The van der Waals surface area contributed by atoms with Crippen LogP contribution in [-0.4, -0.2) is 39.9 Å². The van der Waals surface area contributed by atoms with Crippen molar-refractivity contribution in [2.24, 2.45) is 0 Å². The molecule has 1 aromatic carbocycles. The number of rotatable bonds is 5. The Labute approximate surface area is 129 Å². The highest BCUT2D eigenvalue weighted by molar-refractivity contribution is 7.99. The monoisotopic (exact) mass is 326 g/mol. The van der Waals surface area contributed by atoms with Crippen molar-refractivity contribution in [2.45, 2.75) is 5.16 Å². The van der Waals surface area contributed by atoms with Gasteiger partial charge in [-0.15, -0.1) is 5.10 Å². The number of nitrogens with zero attached hydrogens (tertiary/aromatic N) is 2. The first kappa shape index (κ1) is 15.3. The molecule has 0 radical (unpaired) electrons. The van der Waals surface area contributed by atoms with Gasteiger partial charge in [-0.1, -0.05) is 23.4 Å². The Kier molecular flexibility index (Phi) is 5.18. The number of halogens is 1. The van der Waals surface area contributed by atoms with Crippen LogP contribution in [0.25, 0.3) is 0 Å². The highest BCUT2D eigenvalue weighted by Crippen LogP contribution is 2.22. The summed E-state index contributed by atoms with van der Waals surface area (Å²) in [5, 5.41) is 9.85. The van der Waals surface area contributed by atoms with Crippen LogP contribution >= 0.6 is 23.4 Å². The van der Waals surface area contributed by atoms with Gasteiger partial charge < -0.3 is 10.1 Å². The van der Waals surface area contributed by atoms with Crippen LogP contribution in [0.1, 0.15) is 10.4 Å². The molecule has 21 heavy (non-hydrogen) atoms. The molecule has 0 bridgehead atoms. The molecule has 2 aromatic rings. The van der Waals surface area contributed by atoms with Crippen LogP contribution in [0.5, 0.6) is 0 Å². The largest absolute Gasteiger partial charge is 0.465 e. The zero-order valence-electron chi connectivity index (χ0n) is 10.9. The Hall–Kier alpha value is -2.06. The van der Waals surface area contributed by atoms with Crippen LogP contribution in [0.15, 0.2) is 29.7 Å². The fraction of sp³-hybridized carbons (Fsp3) is 0.167. The highest BCUT2D eigenvalue weighted by atomic mass is 35.5. The van der Waals surface area contributed by atoms with E-state index in [4.69, 9.17) is 11.6 Å². The molecule has 1 heterocycles. The number of aromatic amines is 1. The third-order valence-corrected chi connectivity index (χ3v) is 3.48. The van der Waals surface area contributed by atoms with Gasteiger partial charge in [-0.25, -0.2) is 9.78 Å². The van der Waals surface area contributed by atoms with E-state index >= 15 is 0 Å². The lowest BCUT2D eigenvalue weighted by Gasteiger charge is -2.09. The molecule has 1 amide bonds. The van der Waals surface area contributed by atoms with Crippen LogP contribution in [0.3, 0.4) is 0 Å². The van der Waals surface area contributed by atoms with Crippen molar-refractivity contribution in [3.05, 3.63) is 35.1 Å². The summed E-state index contributed by atoms with van der Waals surface area (Å²) >= 11 is 7.04. The normalized spacial score (nSPS) is 10.2. The number of nitrogens with one attached hydrogen (secondary N) is 2. The van der Waals surface area contributed by atoms with Gasteiger partial charge in [0.15, 0.2) is 0 Å². The standard InChI is InChI=1S/C12H11ClN4O3S/c1-20-11(19)8-3-2-7(13)4-9(8)16-10(18)5-21-12-14-6-15-17-12/h2-4,6H,5H2,1H3,(H,16,18)(H,14,15,17). The molecule has 9 heteroatoms. The summed E-state index contributed by atoms with van der Waals surface area (Å²) in [5.74, 6) is -0.758. The van der Waals surface area contributed by atoms with E-state index < -0.39 is 5.97 Å². The second kappa shape index (κ2) is 7.09. The summed E-state index contributed by atoms with van der Waals surface area (Å²) in [4.78, 5) is 27.4. The van der Waals surface area contributed by atoms with Crippen molar-refractivity contribution in [3.63, 3.8) is 0 Å². The summed E-state index contributed by atoms with van der Waals surface area (Å²) in [6, 6.07) is 4.53. The number of esters is 1. The van der Waals surface area contributed by atoms with E-state index in [1.165, 1.54) is 25.6 Å². The van der Waals surface area contributed by atoms with Crippen molar-refractivity contribution in [1.29, 1.82) is 0 Å². The summed E-state index contributed by atoms with van der Waals surface area (Å²) in [5.41, 5.74) is 0.535. The van der Waals surface area contributed by atoms with E-state index in [9.17, 15) is 9.59 Å². The Bertz CT molecular complexity index is 648. The zero-order valence-corrected chi connectivity index (χ0v) is 12.5. The molecule has 0 aliphatic rings. The van der Waals surface area contributed by atoms with Gasteiger partial charge in [0.05, 0.1) is 24.1 Å². The van der Waals surface area contributed by atoms with Crippen molar-refractivity contribution < 1.29 is 14.3 Å². The Balaban J connectivity index is 2.05. The summed E-state index contributed by atoms with van der Waals surface area (Å²) < 4.78 is 4.65. The molecule has 0 unspecified atom stereocenters. The first-order valence-electron chi connectivity index (χ1n) is 5.76. The first-order valence-corrected chi connectivity index (χ1v) is 7.13. The molecule has 1 aromatic heterocycles. The van der Waals surface area contributed by atoms with E-state index in [0.29, 0.717) is 15.9 Å². The molecule has 0 saturated carbocycles. The maximum absolute atomic E-state index is 11.9. The first-order chi connectivity index (χ1) is 10.1. The predicted octanol–water partition coefficient (Wildman–Crippen LogP) is 1.98. The van der Waals surface area contributed by atoms with Crippen molar-refractivity contribution in [3.8, 4) is 0 Å². The van der Waals surface area contributed by atoms with Crippen LogP contribution in [-0.2, 0) is 9.53 Å². The Morgan fingerprint density at radius 1 is 1.48 bits per heavy atom. The highest BCUT2D eigenvalue weighted by Gasteiger charge is 2.15. The van der Waals surface area contributed by atoms with Crippen molar-refractivity contribution in [1.82, 2.24) is 15.2 Å². The van der Waals surface area contributed by atoms with Gasteiger partial charge in [0.25, 0.3) is 0 Å². The molecule has 0 fully saturated rings. The van der Waals surface area contributed by atoms with Gasteiger partial charge in [0.2, 0.25) is 11.1 Å². The minimum atomic E-state index is -0.552. The van der Waals surface area contributed by atoms with E-state index in [2.05, 4.69) is 25.2 Å². The fourth-order valence-corrected chi connectivity index (χ4v) is 2.24. The van der Waals surface area contributed by atoms with Crippen molar-refractivity contribution >= 4 is 40.9 Å². The smallest absolute Gasteiger partial charge is 0.339 e.